The van der Waals surface area contributed by atoms with E-state index in [0.29, 0.717) is 22.9 Å². The number of thiazole rings is 1. The van der Waals surface area contributed by atoms with E-state index in [4.69, 9.17) is 9.47 Å². The van der Waals surface area contributed by atoms with Crippen molar-refractivity contribution >= 4 is 22.9 Å². The lowest BCUT2D eigenvalue weighted by Crippen LogP contribution is -2.29. The van der Waals surface area contributed by atoms with Crippen molar-refractivity contribution in [1.82, 2.24) is 14.8 Å². The third-order valence-corrected chi connectivity index (χ3v) is 4.49. The number of hydrogen-bond acceptors (Lipinski definition) is 6. The van der Waals surface area contributed by atoms with Gasteiger partial charge in [-0.25, -0.2) is 4.98 Å². The molecule has 0 radical (unpaired) electrons. The number of amides is 1. The van der Waals surface area contributed by atoms with E-state index in [9.17, 15) is 4.79 Å². The minimum atomic E-state index is -0.696. The monoisotopic (exact) mass is 356 g/mol. The zero-order chi connectivity index (χ0) is 17.6. The van der Waals surface area contributed by atoms with Crippen LogP contribution in [-0.4, -0.2) is 26.5 Å². The summed E-state index contributed by atoms with van der Waals surface area (Å²) in [7, 11) is 1.84. The molecule has 0 aliphatic carbocycles. The standard InChI is InChI=1S/C17H16N4O3S/c1-17(2)23-13-5-4-11(6-14(13)24-17)19-15(22)12-9-25-16(20-12)10-7-18-21(3)8-10/h4-9H,1-3H3,(H,19,22). The summed E-state index contributed by atoms with van der Waals surface area (Å²) < 4.78 is 13.0. The fraction of sp³-hybridized carbons (Fsp3) is 0.235. The first-order valence-corrected chi connectivity index (χ1v) is 8.55. The Balaban J connectivity index is 1.51. The van der Waals surface area contributed by atoms with Crippen molar-refractivity contribution in [2.24, 2.45) is 7.05 Å². The maximum Gasteiger partial charge on any atom is 0.275 e. The Labute approximate surface area is 148 Å². The molecule has 4 rings (SSSR count). The molecule has 0 unspecified atom stereocenters. The second kappa shape index (κ2) is 5.59. The van der Waals surface area contributed by atoms with E-state index in [1.807, 2.05) is 27.1 Å². The number of rotatable bonds is 3. The minimum Gasteiger partial charge on any atom is -0.449 e. The molecular formula is C17H16N4O3S. The quantitative estimate of drug-likeness (QED) is 0.779. The fourth-order valence-electron chi connectivity index (χ4n) is 2.54. The predicted octanol–water partition coefficient (Wildman–Crippen LogP) is 3.30. The van der Waals surface area contributed by atoms with Crippen LogP contribution in [0.3, 0.4) is 0 Å². The van der Waals surface area contributed by atoms with Crippen molar-refractivity contribution < 1.29 is 14.3 Å². The molecule has 3 aromatic rings. The van der Waals surface area contributed by atoms with E-state index in [-0.39, 0.29) is 5.91 Å². The summed E-state index contributed by atoms with van der Waals surface area (Å²) in [6, 6.07) is 5.30. The Morgan fingerprint density at radius 1 is 1.28 bits per heavy atom. The third kappa shape index (κ3) is 3.08. The van der Waals surface area contributed by atoms with Gasteiger partial charge in [0.25, 0.3) is 5.91 Å². The first kappa shape index (κ1) is 15.6. The zero-order valence-corrected chi connectivity index (χ0v) is 14.8. The van der Waals surface area contributed by atoms with E-state index < -0.39 is 5.79 Å². The third-order valence-electron chi connectivity index (χ3n) is 3.60. The molecular weight excluding hydrogens is 340 g/mol. The lowest BCUT2D eigenvalue weighted by molar-refractivity contribution is -0.0431. The Morgan fingerprint density at radius 2 is 2.08 bits per heavy atom. The van der Waals surface area contributed by atoms with Crippen LogP contribution in [0.5, 0.6) is 11.5 Å². The van der Waals surface area contributed by atoms with Gasteiger partial charge in [0.05, 0.1) is 6.20 Å². The molecule has 7 nitrogen and oxygen atoms in total. The molecule has 0 atom stereocenters. The van der Waals surface area contributed by atoms with E-state index >= 15 is 0 Å². The molecule has 128 valence electrons. The molecule has 8 heteroatoms. The number of nitrogens with one attached hydrogen (secondary N) is 1. The largest absolute Gasteiger partial charge is 0.449 e. The van der Waals surface area contributed by atoms with Crippen molar-refractivity contribution in [3.63, 3.8) is 0 Å². The van der Waals surface area contributed by atoms with Gasteiger partial charge in [-0.05, 0) is 12.1 Å². The molecule has 1 aliphatic heterocycles. The summed E-state index contributed by atoms with van der Waals surface area (Å²) in [5.74, 6) is 0.301. The smallest absolute Gasteiger partial charge is 0.275 e. The number of aromatic nitrogens is 3. The van der Waals surface area contributed by atoms with Crippen molar-refractivity contribution in [1.29, 1.82) is 0 Å². The summed E-state index contributed by atoms with van der Waals surface area (Å²) in [6.45, 7) is 3.67. The Morgan fingerprint density at radius 3 is 2.84 bits per heavy atom. The van der Waals surface area contributed by atoms with Crippen LogP contribution in [0.25, 0.3) is 10.6 Å². The topological polar surface area (TPSA) is 78.3 Å². The Kier molecular flexibility index (Phi) is 3.50. The SMILES string of the molecule is Cn1cc(-c2nc(C(=O)Nc3ccc4c(c3)OC(C)(C)O4)cs2)cn1. The van der Waals surface area contributed by atoms with E-state index in [1.165, 1.54) is 11.3 Å². The number of ether oxygens (including phenoxy) is 2. The number of anilines is 1. The normalized spacial score (nSPS) is 14.5. The van der Waals surface area contributed by atoms with E-state index in [1.54, 1.807) is 34.5 Å². The van der Waals surface area contributed by atoms with Gasteiger partial charge >= 0.3 is 0 Å². The molecule has 1 aliphatic rings. The summed E-state index contributed by atoms with van der Waals surface area (Å²) in [4.78, 5) is 16.8. The van der Waals surface area contributed by atoms with Gasteiger partial charge in [-0.15, -0.1) is 11.3 Å². The van der Waals surface area contributed by atoms with Gasteiger partial charge in [0.1, 0.15) is 10.7 Å². The van der Waals surface area contributed by atoms with Gasteiger partial charge in [-0.1, -0.05) is 0 Å². The van der Waals surface area contributed by atoms with Gasteiger partial charge in [0.15, 0.2) is 11.5 Å². The van der Waals surface area contributed by atoms with Gasteiger partial charge < -0.3 is 14.8 Å². The Bertz CT molecular complexity index is 960. The van der Waals surface area contributed by atoms with Crippen LogP contribution >= 0.6 is 11.3 Å². The van der Waals surface area contributed by atoms with Gasteiger partial charge in [-0.2, -0.15) is 5.10 Å². The highest BCUT2D eigenvalue weighted by Crippen LogP contribution is 2.40. The first-order valence-electron chi connectivity index (χ1n) is 7.68. The second-order valence-electron chi connectivity index (χ2n) is 6.16. The number of fused-ring (bicyclic) bond motifs is 1. The molecule has 0 bridgehead atoms. The van der Waals surface area contributed by atoms with E-state index in [0.717, 1.165) is 10.6 Å². The highest BCUT2D eigenvalue weighted by molar-refractivity contribution is 7.13. The molecule has 1 amide bonds. The van der Waals surface area contributed by atoms with Crippen LogP contribution in [0.1, 0.15) is 24.3 Å². The van der Waals surface area contributed by atoms with Crippen LogP contribution in [0.4, 0.5) is 5.69 Å². The molecule has 0 saturated carbocycles. The minimum absolute atomic E-state index is 0.274. The van der Waals surface area contributed by atoms with Crippen LogP contribution in [0.2, 0.25) is 0 Å². The van der Waals surface area contributed by atoms with Gasteiger partial charge in [-0.3, -0.25) is 9.48 Å². The van der Waals surface area contributed by atoms with Crippen LogP contribution in [0.15, 0.2) is 36.0 Å². The lowest BCUT2D eigenvalue weighted by Gasteiger charge is -2.16. The number of carbonyl (C=O) groups is 1. The van der Waals surface area contributed by atoms with Gasteiger partial charge in [0.2, 0.25) is 5.79 Å². The zero-order valence-electron chi connectivity index (χ0n) is 13.9. The van der Waals surface area contributed by atoms with Crippen molar-refractivity contribution in [3.8, 4) is 22.1 Å². The van der Waals surface area contributed by atoms with Crippen molar-refractivity contribution in [3.05, 3.63) is 41.7 Å². The number of hydrogen-bond donors (Lipinski definition) is 1. The summed E-state index contributed by atoms with van der Waals surface area (Å²) in [6.07, 6.45) is 3.58. The van der Waals surface area contributed by atoms with Gasteiger partial charge in [0, 0.05) is 49.8 Å². The molecule has 3 heterocycles. The first-order chi connectivity index (χ1) is 11.9. The second-order valence-corrected chi connectivity index (χ2v) is 7.02. The average molecular weight is 356 g/mol. The Hall–Kier alpha value is -2.87. The maximum absolute atomic E-state index is 12.4. The highest BCUT2D eigenvalue weighted by atomic mass is 32.1. The summed E-state index contributed by atoms with van der Waals surface area (Å²) in [5.41, 5.74) is 1.87. The highest BCUT2D eigenvalue weighted by Gasteiger charge is 2.31. The molecule has 1 aromatic carbocycles. The summed E-state index contributed by atoms with van der Waals surface area (Å²) in [5, 5.41) is 9.44. The van der Waals surface area contributed by atoms with Crippen molar-refractivity contribution in [2.75, 3.05) is 5.32 Å². The summed E-state index contributed by atoms with van der Waals surface area (Å²) >= 11 is 1.40. The number of benzene rings is 1. The molecule has 25 heavy (non-hydrogen) atoms. The average Bonchev–Trinajstić information content (AvgIpc) is 3.23. The maximum atomic E-state index is 12.4. The molecule has 0 spiro atoms. The van der Waals surface area contributed by atoms with E-state index in [2.05, 4.69) is 15.4 Å². The lowest BCUT2D eigenvalue weighted by atomic mass is 10.2. The number of aryl methyl sites for hydroxylation is 1. The molecule has 0 saturated heterocycles. The number of carbonyl (C=O) groups excluding carboxylic acids is 1. The molecule has 1 N–H and O–H groups in total. The molecule has 0 fully saturated rings. The van der Waals surface area contributed by atoms with Crippen LogP contribution in [-0.2, 0) is 7.05 Å². The molecule has 2 aromatic heterocycles. The fourth-order valence-corrected chi connectivity index (χ4v) is 3.31. The van der Waals surface area contributed by atoms with Crippen LogP contribution < -0.4 is 14.8 Å². The van der Waals surface area contributed by atoms with Crippen LogP contribution in [0, 0.1) is 0 Å². The van der Waals surface area contributed by atoms with Crippen molar-refractivity contribution in [2.45, 2.75) is 19.6 Å². The predicted molar refractivity (Wildman–Crippen MR) is 94.0 cm³/mol. The number of nitrogens with zero attached hydrogens (tertiary/aromatic N) is 3.